The Balaban J connectivity index is 1.67. The van der Waals surface area contributed by atoms with Crippen LogP contribution in [0.4, 0.5) is 0 Å². The Morgan fingerprint density at radius 3 is 2.65 bits per heavy atom. The number of nitrogens with one attached hydrogen (secondary N) is 1. The first-order valence-corrected chi connectivity index (χ1v) is 8.01. The van der Waals surface area contributed by atoms with Gasteiger partial charge in [-0.05, 0) is 43.2 Å². The van der Waals surface area contributed by atoms with E-state index in [4.69, 9.17) is 0 Å². The van der Waals surface area contributed by atoms with Crippen molar-refractivity contribution in [1.82, 2.24) is 5.32 Å². The van der Waals surface area contributed by atoms with Crippen LogP contribution in [0.1, 0.15) is 48.5 Å². The number of rotatable bonds is 4. The van der Waals surface area contributed by atoms with Crippen LogP contribution < -0.4 is 5.32 Å². The van der Waals surface area contributed by atoms with E-state index in [1.165, 1.54) is 10.4 Å². The minimum absolute atomic E-state index is 0.0378. The third-order valence-electron chi connectivity index (χ3n) is 4.59. The lowest BCUT2D eigenvalue weighted by Gasteiger charge is -2.25. The summed E-state index contributed by atoms with van der Waals surface area (Å²) in [5.41, 5.74) is 0.235. The van der Waals surface area contributed by atoms with Crippen molar-refractivity contribution in [2.24, 2.45) is 5.92 Å². The van der Waals surface area contributed by atoms with Gasteiger partial charge in [-0.2, -0.15) is 0 Å². The summed E-state index contributed by atoms with van der Waals surface area (Å²) in [7, 11) is 0. The Kier molecular flexibility index (Phi) is 3.32. The second kappa shape index (κ2) is 4.88. The molecule has 20 heavy (non-hydrogen) atoms. The van der Waals surface area contributed by atoms with Crippen LogP contribution >= 0.6 is 11.3 Å². The molecule has 0 aromatic carbocycles. The van der Waals surface area contributed by atoms with Crippen molar-refractivity contribution in [1.29, 1.82) is 0 Å². The Bertz CT molecular complexity index is 545. The quantitative estimate of drug-likeness (QED) is 0.897. The number of thiophene rings is 1. The zero-order valence-corrected chi connectivity index (χ0v) is 12.3. The topological polar surface area (TPSA) is 66.4 Å². The second-order valence-electron chi connectivity index (χ2n) is 6.00. The lowest BCUT2D eigenvalue weighted by Crippen LogP contribution is -2.53. The van der Waals surface area contributed by atoms with Crippen LogP contribution in [0.5, 0.6) is 0 Å². The average Bonchev–Trinajstić information content (AvgIpc) is 2.84. The summed E-state index contributed by atoms with van der Waals surface area (Å²) in [5, 5.41) is 14.3. The van der Waals surface area contributed by atoms with Crippen LogP contribution in [-0.4, -0.2) is 22.5 Å². The molecule has 0 unspecified atom stereocenters. The molecule has 4 nitrogen and oxygen atoms in total. The number of carboxylic acid groups (broad SMARTS) is 1. The molecule has 1 aromatic heterocycles. The van der Waals surface area contributed by atoms with Gasteiger partial charge in [0, 0.05) is 16.7 Å². The highest BCUT2D eigenvalue weighted by atomic mass is 32.1. The van der Waals surface area contributed by atoms with E-state index in [9.17, 15) is 14.7 Å². The third kappa shape index (κ3) is 2.24. The minimum atomic E-state index is -1.01. The van der Waals surface area contributed by atoms with Crippen molar-refractivity contribution >= 4 is 23.2 Å². The molecular formula is C15H19NO3S. The molecule has 1 amide bonds. The van der Waals surface area contributed by atoms with Gasteiger partial charge in [-0.3, -0.25) is 4.79 Å². The molecule has 1 heterocycles. The molecule has 0 aliphatic heterocycles. The lowest BCUT2D eigenvalue weighted by atomic mass is 9.97. The van der Waals surface area contributed by atoms with E-state index in [1.54, 1.807) is 11.3 Å². The Labute approximate surface area is 122 Å². The summed E-state index contributed by atoms with van der Waals surface area (Å²) in [6, 6.07) is 2.07. The van der Waals surface area contributed by atoms with Gasteiger partial charge in [0.1, 0.15) is 5.54 Å². The fraction of sp³-hybridized carbons (Fsp3) is 0.600. The van der Waals surface area contributed by atoms with Gasteiger partial charge in [0.15, 0.2) is 0 Å². The van der Waals surface area contributed by atoms with E-state index in [0.29, 0.717) is 18.8 Å². The van der Waals surface area contributed by atoms with Crippen LogP contribution in [0, 0.1) is 12.8 Å². The standard InChI is InChI=1S/C15H19NO3S/c1-9-4-7-20-12(9)10-8-11(10)13(17)16-15(14(18)19)5-2-3-6-15/h4,7,10-11H,2-3,5-6,8H2,1H3,(H,16,17)(H,18,19)/t10-,11-/m1/s1. The molecule has 3 rings (SSSR count). The zero-order valence-electron chi connectivity index (χ0n) is 11.5. The summed E-state index contributed by atoms with van der Waals surface area (Å²) in [4.78, 5) is 25.1. The molecule has 108 valence electrons. The van der Waals surface area contributed by atoms with E-state index in [0.717, 1.165) is 19.3 Å². The number of carbonyl (C=O) groups excluding carboxylic acids is 1. The lowest BCUT2D eigenvalue weighted by molar-refractivity contribution is -0.147. The van der Waals surface area contributed by atoms with Gasteiger partial charge in [0.05, 0.1) is 0 Å². The van der Waals surface area contributed by atoms with Crippen molar-refractivity contribution in [2.75, 3.05) is 0 Å². The molecule has 2 saturated carbocycles. The number of hydrogen-bond donors (Lipinski definition) is 2. The van der Waals surface area contributed by atoms with E-state index < -0.39 is 11.5 Å². The van der Waals surface area contributed by atoms with Gasteiger partial charge >= 0.3 is 5.97 Å². The van der Waals surface area contributed by atoms with Crippen LogP contribution in [0.3, 0.4) is 0 Å². The Morgan fingerprint density at radius 1 is 1.40 bits per heavy atom. The van der Waals surface area contributed by atoms with Crippen LogP contribution in [-0.2, 0) is 9.59 Å². The Hall–Kier alpha value is -1.36. The van der Waals surface area contributed by atoms with Crippen molar-refractivity contribution in [3.63, 3.8) is 0 Å². The maximum Gasteiger partial charge on any atom is 0.329 e. The number of hydrogen-bond acceptors (Lipinski definition) is 3. The molecular weight excluding hydrogens is 274 g/mol. The summed E-state index contributed by atoms with van der Waals surface area (Å²) < 4.78 is 0. The van der Waals surface area contributed by atoms with Crippen LogP contribution in [0.15, 0.2) is 11.4 Å². The summed E-state index contributed by atoms with van der Waals surface area (Å²) in [6.07, 6.45) is 3.73. The second-order valence-corrected chi connectivity index (χ2v) is 6.95. The molecule has 5 heteroatoms. The van der Waals surface area contributed by atoms with E-state index >= 15 is 0 Å². The molecule has 0 bridgehead atoms. The summed E-state index contributed by atoms with van der Waals surface area (Å²) in [5.74, 6) is -0.702. The van der Waals surface area contributed by atoms with Gasteiger partial charge < -0.3 is 10.4 Å². The highest BCUT2D eigenvalue weighted by Gasteiger charge is 2.50. The number of carboxylic acids is 1. The minimum Gasteiger partial charge on any atom is -0.480 e. The highest BCUT2D eigenvalue weighted by molar-refractivity contribution is 7.10. The highest BCUT2D eigenvalue weighted by Crippen LogP contribution is 2.50. The fourth-order valence-corrected chi connectivity index (χ4v) is 4.35. The average molecular weight is 293 g/mol. The maximum atomic E-state index is 12.3. The molecule has 2 atom stereocenters. The van der Waals surface area contributed by atoms with Crippen molar-refractivity contribution in [2.45, 2.75) is 50.5 Å². The fourth-order valence-electron chi connectivity index (χ4n) is 3.24. The first kappa shape index (κ1) is 13.6. The molecule has 2 fully saturated rings. The summed E-state index contributed by atoms with van der Waals surface area (Å²) >= 11 is 1.69. The zero-order chi connectivity index (χ0) is 14.3. The first-order valence-electron chi connectivity index (χ1n) is 7.13. The van der Waals surface area contributed by atoms with Crippen LogP contribution in [0.25, 0.3) is 0 Å². The monoisotopic (exact) mass is 293 g/mol. The van der Waals surface area contributed by atoms with Gasteiger partial charge in [-0.1, -0.05) is 12.8 Å². The van der Waals surface area contributed by atoms with Gasteiger partial charge in [-0.15, -0.1) is 11.3 Å². The molecule has 0 radical (unpaired) electrons. The van der Waals surface area contributed by atoms with Crippen LogP contribution in [0.2, 0.25) is 0 Å². The van der Waals surface area contributed by atoms with Gasteiger partial charge in [0.2, 0.25) is 5.91 Å². The summed E-state index contributed by atoms with van der Waals surface area (Å²) in [6.45, 7) is 2.06. The Morgan fingerprint density at radius 2 is 2.10 bits per heavy atom. The molecule has 2 aliphatic rings. The van der Waals surface area contributed by atoms with Crippen molar-refractivity contribution < 1.29 is 14.7 Å². The molecule has 2 N–H and O–H groups in total. The first-order chi connectivity index (χ1) is 9.53. The van der Waals surface area contributed by atoms with E-state index in [1.807, 2.05) is 5.38 Å². The SMILES string of the molecule is Cc1ccsc1[C@@H]1C[C@H]1C(=O)NC1(C(=O)O)CCCC1. The van der Waals surface area contributed by atoms with Gasteiger partial charge in [0.25, 0.3) is 0 Å². The number of aryl methyl sites for hydroxylation is 1. The smallest absolute Gasteiger partial charge is 0.329 e. The largest absolute Gasteiger partial charge is 0.480 e. The molecule has 1 aromatic rings. The van der Waals surface area contributed by atoms with E-state index in [2.05, 4.69) is 18.3 Å². The number of aliphatic carboxylic acids is 1. The van der Waals surface area contributed by atoms with E-state index in [-0.39, 0.29) is 11.8 Å². The van der Waals surface area contributed by atoms with Crippen molar-refractivity contribution in [3.05, 3.63) is 21.9 Å². The predicted molar refractivity (Wildman–Crippen MR) is 76.9 cm³/mol. The predicted octanol–water partition coefficient (Wildman–Crippen LogP) is 2.67. The maximum absolute atomic E-state index is 12.3. The van der Waals surface area contributed by atoms with Crippen molar-refractivity contribution in [3.8, 4) is 0 Å². The number of amides is 1. The number of carbonyl (C=O) groups is 2. The molecule has 2 aliphatic carbocycles. The van der Waals surface area contributed by atoms with Gasteiger partial charge in [-0.25, -0.2) is 4.79 Å². The normalized spacial score (nSPS) is 27.2. The molecule has 0 saturated heterocycles. The molecule has 0 spiro atoms. The third-order valence-corrected chi connectivity index (χ3v) is 5.75.